The number of aryl methyl sites for hydroxylation is 2. The Balaban J connectivity index is 1.61. The number of thioether (sulfide) groups is 1. The molecule has 3 rings (SSSR count). The molecule has 2 aromatic carbocycles. The van der Waals surface area contributed by atoms with Gasteiger partial charge in [0.15, 0.2) is 0 Å². The molecule has 2 aromatic rings. The van der Waals surface area contributed by atoms with E-state index in [9.17, 15) is 9.59 Å². The molecule has 1 saturated heterocycles. The Bertz CT molecular complexity index is 920. The summed E-state index contributed by atoms with van der Waals surface area (Å²) in [6, 6.07) is 15.5. The minimum absolute atomic E-state index is 0.142. The summed E-state index contributed by atoms with van der Waals surface area (Å²) in [7, 11) is 0. The maximum atomic E-state index is 12.7. The Morgan fingerprint density at radius 3 is 2.56 bits per heavy atom. The van der Waals surface area contributed by atoms with Crippen molar-refractivity contribution in [2.75, 3.05) is 11.9 Å². The van der Waals surface area contributed by atoms with Crippen molar-refractivity contribution in [3.05, 3.63) is 70.1 Å². The number of carbonyl (C=O) groups is 2. The molecule has 1 aliphatic heterocycles. The normalized spacial score (nSPS) is 15.5. The molecule has 27 heavy (non-hydrogen) atoms. The minimum Gasteiger partial charge on any atom is -0.326 e. The lowest BCUT2D eigenvalue weighted by molar-refractivity contribution is -0.122. The summed E-state index contributed by atoms with van der Waals surface area (Å²) in [5.74, 6) is -0.285. The molecule has 4 nitrogen and oxygen atoms in total. The number of carbonyl (C=O) groups excluding carboxylic acids is 2. The fourth-order valence-corrected chi connectivity index (χ4v) is 3.96. The van der Waals surface area contributed by atoms with E-state index < -0.39 is 0 Å². The highest BCUT2D eigenvalue weighted by molar-refractivity contribution is 8.26. The van der Waals surface area contributed by atoms with E-state index in [1.165, 1.54) is 16.7 Å². The molecule has 0 atom stereocenters. The number of amides is 2. The summed E-state index contributed by atoms with van der Waals surface area (Å²) >= 11 is 6.62. The van der Waals surface area contributed by atoms with Crippen molar-refractivity contribution in [3.8, 4) is 0 Å². The molecule has 0 bridgehead atoms. The van der Waals surface area contributed by atoms with E-state index in [0.29, 0.717) is 9.23 Å². The number of benzene rings is 2. The Labute approximate surface area is 168 Å². The first kappa shape index (κ1) is 19.3. The Morgan fingerprint density at radius 1 is 1.15 bits per heavy atom. The highest BCUT2D eigenvalue weighted by Gasteiger charge is 2.32. The van der Waals surface area contributed by atoms with Crippen LogP contribution in [0.1, 0.15) is 23.1 Å². The zero-order valence-electron chi connectivity index (χ0n) is 15.2. The largest absolute Gasteiger partial charge is 0.326 e. The summed E-state index contributed by atoms with van der Waals surface area (Å²) in [5, 5.41) is 2.84. The van der Waals surface area contributed by atoms with Gasteiger partial charge < -0.3 is 5.32 Å². The van der Waals surface area contributed by atoms with Gasteiger partial charge in [0.25, 0.3) is 5.91 Å². The lowest BCUT2D eigenvalue weighted by Gasteiger charge is -2.14. The minimum atomic E-state index is -0.143. The summed E-state index contributed by atoms with van der Waals surface area (Å²) < 4.78 is 0.489. The summed E-state index contributed by atoms with van der Waals surface area (Å²) in [6.07, 6.45) is 2.05. The topological polar surface area (TPSA) is 49.4 Å². The number of thiocarbonyl (C=S) groups is 1. The molecule has 0 aliphatic carbocycles. The average molecular weight is 397 g/mol. The van der Waals surface area contributed by atoms with Crippen molar-refractivity contribution in [2.45, 2.75) is 20.3 Å². The summed E-state index contributed by atoms with van der Waals surface area (Å²) in [4.78, 5) is 26.9. The van der Waals surface area contributed by atoms with Gasteiger partial charge in [-0.25, -0.2) is 0 Å². The lowest BCUT2D eigenvalue weighted by atomic mass is 10.1. The molecule has 2 amide bonds. The first-order valence-corrected chi connectivity index (χ1v) is 9.84. The van der Waals surface area contributed by atoms with Crippen molar-refractivity contribution in [3.63, 3.8) is 0 Å². The number of anilines is 1. The van der Waals surface area contributed by atoms with E-state index in [1.54, 1.807) is 0 Å². The van der Waals surface area contributed by atoms with Gasteiger partial charge in [-0.05, 0) is 43.2 Å². The summed E-state index contributed by atoms with van der Waals surface area (Å²) in [6.45, 7) is 4.26. The van der Waals surface area contributed by atoms with Crippen LogP contribution >= 0.6 is 24.0 Å². The Kier molecular flexibility index (Phi) is 6.08. The van der Waals surface area contributed by atoms with E-state index in [0.717, 1.165) is 22.4 Å². The molecule has 0 radical (unpaired) electrons. The zero-order chi connectivity index (χ0) is 19.4. The third-order valence-electron chi connectivity index (χ3n) is 4.25. The van der Waals surface area contributed by atoms with Gasteiger partial charge in [0.2, 0.25) is 5.91 Å². The highest BCUT2D eigenvalue weighted by atomic mass is 32.2. The maximum Gasteiger partial charge on any atom is 0.266 e. The van der Waals surface area contributed by atoms with E-state index in [-0.39, 0.29) is 24.8 Å². The maximum absolute atomic E-state index is 12.7. The third-order valence-corrected chi connectivity index (χ3v) is 5.62. The molecule has 1 fully saturated rings. The van der Waals surface area contributed by atoms with E-state index in [2.05, 4.69) is 5.32 Å². The number of hydrogen-bond donors (Lipinski definition) is 1. The van der Waals surface area contributed by atoms with Crippen LogP contribution in [0.4, 0.5) is 5.69 Å². The molecule has 6 heteroatoms. The number of nitrogens with one attached hydrogen (secondary N) is 1. The predicted molar refractivity (Wildman–Crippen MR) is 115 cm³/mol. The molecular formula is C21H20N2O2S2. The quantitative estimate of drug-likeness (QED) is 0.596. The van der Waals surface area contributed by atoms with Crippen LogP contribution in [0.25, 0.3) is 6.08 Å². The standard InChI is InChI=1S/C21H20N2O2S2/c1-14-7-9-17(10-8-14)22-19(24)11-12-23-20(25)18(27-21(23)26)13-16-6-4-3-5-15(16)2/h3-10,13H,11-12H2,1-2H3,(H,22,24)/b18-13-. The van der Waals surface area contributed by atoms with Crippen LogP contribution in [0.2, 0.25) is 0 Å². The molecule has 138 valence electrons. The lowest BCUT2D eigenvalue weighted by Crippen LogP contribution is -2.31. The Morgan fingerprint density at radius 2 is 1.85 bits per heavy atom. The smallest absolute Gasteiger partial charge is 0.266 e. The average Bonchev–Trinajstić information content (AvgIpc) is 2.90. The van der Waals surface area contributed by atoms with Gasteiger partial charge in [-0.2, -0.15) is 0 Å². The zero-order valence-corrected chi connectivity index (χ0v) is 16.8. The second-order valence-corrected chi connectivity index (χ2v) is 8.03. The molecule has 0 aromatic heterocycles. The number of hydrogen-bond acceptors (Lipinski definition) is 4. The van der Waals surface area contributed by atoms with Gasteiger partial charge >= 0.3 is 0 Å². The van der Waals surface area contributed by atoms with Crippen LogP contribution in [0.5, 0.6) is 0 Å². The molecule has 0 unspecified atom stereocenters. The second-order valence-electron chi connectivity index (χ2n) is 6.35. The number of nitrogens with zero attached hydrogens (tertiary/aromatic N) is 1. The second kappa shape index (κ2) is 8.50. The van der Waals surface area contributed by atoms with Crippen molar-refractivity contribution < 1.29 is 9.59 Å². The van der Waals surface area contributed by atoms with Gasteiger partial charge in [0.05, 0.1) is 4.91 Å². The van der Waals surface area contributed by atoms with Crippen LogP contribution in [0.3, 0.4) is 0 Å². The van der Waals surface area contributed by atoms with E-state index in [4.69, 9.17) is 12.2 Å². The van der Waals surface area contributed by atoms with Crippen molar-refractivity contribution >= 4 is 51.9 Å². The van der Waals surface area contributed by atoms with Gasteiger partial charge in [-0.3, -0.25) is 14.5 Å². The molecule has 0 saturated carbocycles. The first-order valence-electron chi connectivity index (χ1n) is 8.61. The summed E-state index contributed by atoms with van der Waals surface area (Å²) in [5.41, 5.74) is 3.97. The molecular weight excluding hydrogens is 376 g/mol. The van der Waals surface area contributed by atoms with Crippen LogP contribution < -0.4 is 5.32 Å². The molecule has 1 heterocycles. The molecule has 1 aliphatic rings. The van der Waals surface area contributed by atoms with Crippen LogP contribution in [-0.2, 0) is 9.59 Å². The van der Waals surface area contributed by atoms with Gasteiger partial charge in [-0.15, -0.1) is 0 Å². The van der Waals surface area contributed by atoms with Gasteiger partial charge in [-0.1, -0.05) is 65.9 Å². The Hall–Kier alpha value is -2.44. The molecule has 0 spiro atoms. The number of rotatable bonds is 5. The van der Waals surface area contributed by atoms with Gasteiger partial charge in [0, 0.05) is 18.7 Å². The van der Waals surface area contributed by atoms with Crippen LogP contribution in [-0.4, -0.2) is 27.6 Å². The van der Waals surface area contributed by atoms with E-state index in [1.807, 2.05) is 68.5 Å². The van der Waals surface area contributed by atoms with Crippen molar-refractivity contribution in [1.82, 2.24) is 4.90 Å². The third kappa shape index (κ3) is 4.84. The monoisotopic (exact) mass is 396 g/mol. The molecule has 1 N–H and O–H groups in total. The SMILES string of the molecule is Cc1ccc(NC(=O)CCN2C(=O)/C(=C/c3ccccc3C)SC2=S)cc1. The van der Waals surface area contributed by atoms with Crippen LogP contribution in [0, 0.1) is 13.8 Å². The van der Waals surface area contributed by atoms with Crippen molar-refractivity contribution in [1.29, 1.82) is 0 Å². The van der Waals surface area contributed by atoms with Gasteiger partial charge in [0.1, 0.15) is 4.32 Å². The fourth-order valence-electron chi connectivity index (χ4n) is 2.66. The predicted octanol–water partition coefficient (Wildman–Crippen LogP) is 4.53. The first-order chi connectivity index (χ1) is 12.9. The highest BCUT2D eigenvalue weighted by Crippen LogP contribution is 2.33. The van der Waals surface area contributed by atoms with Crippen LogP contribution in [0.15, 0.2) is 53.4 Å². The fraction of sp³-hybridized carbons (Fsp3) is 0.190. The van der Waals surface area contributed by atoms with Crippen molar-refractivity contribution in [2.24, 2.45) is 0 Å². The van der Waals surface area contributed by atoms with E-state index >= 15 is 0 Å².